The van der Waals surface area contributed by atoms with Gasteiger partial charge in [0.25, 0.3) is 0 Å². The lowest BCUT2D eigenvalue weighted by Crippen LogP contribution is -2.15. The number of carbonyl (C=O) groups excluding carboxylic acids is 1. The highest BCUT2D eigenvalue weighted by Crippen LogP contribution is 2.19. The van der Waals surface area contributed by atoms with Crippen molar-refractivity contribution in [1.29, 1.82) is 0 Å². The normalized spacial score (nSPS) is 10.6. The minimum Gasteiger partial charge on any atom is -0.326 e. The van der Waals surface area contributed by atoms with Crippen LogP contribution < -0.4 is 5.32 Å². The fraction of sp³-hybridized carbons (Fsp3) is 0.158. The lowest BCUT2D eigenvalue weighted by molar-refractivity contribution is -0.115. The summed E-state index contributed by atoms with van der Waals surface area (Å²) in [4.78, 5) is 16.7. The van der Waals surface area contributed by atoms with E-state index in [1.54, 1.807) is 11.3 Å². The minimum atomic E-state index is -0.0519. The Hall–Kier alpha value is -2.17. The van der Waals surface area contributed by atoms with Gasteiger partial charge in [0.2, 0.25) is 5.91 Å². The summed E-state index contributed by atoms with van der Waals surface area (Å²) in [5.74, 6) is -0.0519. The molecule has 24 heavy (non-hydrogen) atoms. The van der Waals surface area contributed by atoms with Crippen molar-refractivity contribution in [3.05, 3.63) is 80.8 Å². The molecule has 0 bridgehead atoms. The van der Waals surface area contributed by atoms with Crippen LogP contribution in [0.5, 0.6) is 0 Å². The number of rotatable bonds is 5. The first-order chi connectivity index (χ1) is 11.6. The van der Waals surface area contributed by atoms with Gasteiger partial charge in [0.15, 0.2) is 0 Å². The van der Waals surface area contributed by atoms with E-state index < -0.39 is 0 Å². The number of hydrogen-bond acceptors (Lipinski definition) is 3. The Balaban J connectivity index is 1.61. The molecule has 0 unspecified atom stereocenters. The van der Waals surface area contributed by atoms with Gasteiger partial charge in [-0.3, -0.25) is 4.79 Å². The van der Waals surface area contributed by atoms with E-state index >= 15 is 0 Å². The summed E-state index contributed by atoms with van der Waals surface area (Å²) in [6.07, 6.45) is 1.00. The van der Waals surface area contributed by atoms with Gasteiger partial charge in [0, 0.05) is 22.5 Å². The maximum atomic E-state index is 12.2. The molecule has 0 radical (unpaired) electrons. The molecule has 0 fully saturated rings. The van der Waals surface area contributed by atoms with E-state index in [1.165, 1.54) is 0 Å². The molecule has 2 aromatic carbocycles. The van der Waals surface area contributed by atoms with Crippen LogP contribution in [0.25, 0.3) is 0 Å². The van der Waals surface area contributed by atoms with E-state index in [1.807, 2.05) is 60.8 Å². The average molecular weight is 357 g/mol. The summed E-state index contributed by atoms with van der Waals surface area (Å²) in [6.45, 7) is 1.97. The van der Waals surface area contributed by atoms with Gasteiger partial charge in [-0.15, -0.1) is 11.3 Å². The highest BCUT2D eigenvalue weighted by molar-refractivity contribution is 7.09. The Morgan fingerprint density at radius 3 is 2.83 bits per heavy atom. The molecule has 0 spiro atoms. The molecule has 1 heterocycles. The lowest BCUT2D eigenvalue weighted by atomic mass is 10.2. The Kier molecular flexibility index (Phi) is 5.28. The molecule has 0 saturated carbocycles. The van der Waals surface area contributed by atoms with Gasteiger partial charge in [0.05, 0.1) is 17.1 Å². The number of aryl methyl sites for hydroxylation is 1. The van der Waals surface area contributed by atoms with Crippen molar-refractivity contribution in [2.45, 2.75) is 19.8 Å². The van der Waals surface area contributed by atoms with Gasteiger partial charge in [-0.1, -0.05) is 41.9 Å². The number of nitrogens with one attached hydrogen (secondary N) is 1. The molecule has 1 aromatic heterocycles. The zero-order valence-electron chi connectivity index (χ0n) is 13.3. The third kappa shape index (κ3) is 4.43. The largest absolute Gasteiger partial charge is 0.326 e. The van der Waals surface area contributed by atoms with Crippen LogP contribution in [0.15, 0.2) is 53.9 Å². The summed E-state index contributed by atoms with van der Waals surface area (Å²) < 4.78 is 0. The number of aromatic nitrogens is 1. The minimum absolute atomic E-state index is 0.0519. The number of para-hydroxylation sites is 1. The SMILES string of the molecule is Cc1ccccc1NC(=O)Cc1csc(Cc2cccc(Cl)c2)n1. The molecule has 3 aromatic rings. The fourth-order valence-electron chi connectivity index (χ4n) is 2.40. The number of carbonyl (C=O) groups is 1. The standard InChI is InChI=1S/C19H17ClN2OS/c1-13-5-2-3-8-17(13)22-18(23)11-16-12-24-19(21-16)10-14-6-4-7-15(20)9-14/h2-9,12H,10-11H2,1H3,(H,22,23). The molecular weight excluding hydrogens is 340 g/mol. The van der Waals surface area contributed by atoms with Crippen LogP contribution in [0.4, 0.5) is 5.69 Å². The zero-order valence-corrected chi connectivity index (χ0v) is 14.8. The number of hydrogen-bond donors (Lipinski definition) is 1. The van der Waals surface area contributed by atoms with E-state index in [-0.39, 0.29) is 12.3 Å². The second-order valence-corrected chi connectivity index (χ2v) is 6.96. The Morgan fingerprint density at radius 2 is 2.04 bits per heavy atom. The molecule has 0 aliphatic carbocycles. The third-order valence-corrected chi connectivity index (χ3v) is 4.74. The van der Waals surface area contributed by atoms with Gasteiger partial charge in [0.1, 0.15) is 0 Å². The third-order valence-electron chi connectivity index (χ3n) is 3.60. The Bertz CT molecular complexity index is 860. The predicted octanol–water partition coefficient (Wildman–Crippen LogP) is 4.88. The average Bonchev–Trinajstić information content (AvgIpc) is 2.96. The molecule has 0 aliphatic heterocycles. The van der Waals surface area contributed by atoms with Crippen molar-refractivity contribution >= 4 is 34.5 Å². The van der Waals surface area contributed by atoms with Crippen LogP contribution in [0, 0.1) is 6.92 Å². The van der Waals surface area contributed by atoms with Crippen molar-refractivity contribution in [3.8, 4) is 0 Å². The maximum absolute atomic E-state index is 12.2. The van der Waals surface area contributed by atoms with Crippen LogP contribution in [0.3, 0.4) is 0 Å². The molecule has 0 saturated heterocycles. The fourth-order valence-corrected chi connectivity index (χ4v) is 3.45. The van der Waals surface area contributed by atoms with Crippen molar-refractivity contribution < 1.29 is 4.79 Å². The van der Waals surface area contributed by atoms with E-state index in [9.17, 15) is 4.79 Å². The smallest absolute Gasteiger partial charge is 0.230 e. The highest BCUT2D eigenvalue weighted by Gasteiger charge is 2.09. The quantitative estimate of drug-likeness (QED) is 0.708. The molecule has 3 nitrogen and oxygen atoms in total. The van der Waals surface area contributed by atoms with Gasteiger partial charge in [-0.05, 0) is 36.2 Å². The molecule has 122 valence electrons. The molecule has 1 amide bonds. The molecule has 1 N–H and O–H groups in total. The number of anilines is 1. The predicted molar refractivity (Wildman–Crippen MR) is 99.9 cm³/mol. The number of halogens is 1. The molecule has 0 aliphatic rings. The van der Waals surface area contributed by atoms with E-state index in [0.717, 1.165) is 39.0 Å². The summed E-state index contributed by atoms with van der Waals surface area (Å²) in [5.41, 5.74) is 3.80. The first kappa shape index (κ1) is 16.7. The summed E-state index contributed by atoms with van der Waals surface area (Å²) in [7, 11) is 0. The maximum Gasteiger partial charge on any atom is 0.230 e. The number of benzene rings is 2. The topological polar surface area (TPSA) is 42.0 Å². The van der Waals surface area contributed by atoms with Gasteiger partial charge < -0.3 is 5.32 Å². The summed E-state index contributed by atoms with van der Waals surface area (Å²) >= 11 is 7.57. The van der Waals surface area contributed by atoms with E-state index in [4.69, 9.17) is 11.6 Å². The number of nitrogens with zero attached hydrogens (tertiary/aromatic N) is 1. The molecule has 3 rings (SSSR count). The van der Waals surface area contributed by atoms with Gasteiger partial charge in [-0.25, -0.2) is 4.98 Å². The number of thiazole rings is 1. The van der Waals surface area contributed by atoms with Crippen molar-refractivity contribution in [2.75, 3.05) is 5.32 Å². The Labute approximate surface area is 150 Å². The van der Waals surface area contributed by atoms with E-state index in [2.05, 4.69) is 10.3 Å². The highest BCUT2D eigenvalue weighted by atomic mass is 35.5. The van der Waals surface area contributed by atoms with Crippen LogP contribution >= 0.6 is 22.9 Å². The monoisotopic (exact) mass is 356 g/mol. The Morgan fingerprint density at radius 1 is 1.21 bits per heavy atom. The summed E-state index contributed by atoms with van der Waals surface area (Å²) in [6, 6.07) is 15.5. The van der Waals surface area contributed by atoms with Crippen molar-refractivity contribution in [3.63, 3.8) is 0 Å². The number of amides is 1. The zero-order chi connectivity index (χ0) is 16.9. The van der Waals surface area contributed by atoms with Crippen LogP contribution in [-0.4, -0.2) is 10.9 Å². The second kappa shape index (κ2) is 7.60. The first-order valence-electron chi connectivity index (χ1n) is 7.63. The van der Waals surface area contributed by atoms with Gasteiger partial charge in [-0.2, -0.15) is 0 Å². The van der Waals surface area contributed by atoms with Crippen LogP contribution in [-0.2, 0) is 17.6 Å². The van der Waals surface area contributed by atoms with Crippen LogP contribution in [0.1, 0.15) is 21.8 Å². The van der Waals surface area contributed by atoms with Crippen LogP contribution in [0.2, 0.25) is 5.02 Å². The molecular formula is C19H17ClN2OS. The molecule has 0 atom stereocenters. The van der Waals surface area contributed by atoms with Crippen molar-refractivity contribution in [2.24, 2.45) is 0 Å². The second-order valence-electron chi connectivity index (χ2n) is 5.58. The lowest BCUT2D eigenvalue weighted by Gasteiger charge is -2.06. The van der Waals surface area contributed by atoms with Crippen molar-refractivity contribution in [1.82, 2.24) is 4.98 Å². The summed E-state index contributed by atoms with van der Waals surface area (Å²) in [5, 5.41) is 6.58. The van der Waals surface area contributed by atoms with E-state index in [0.29, 0.717) is 0 Å². The molecule has 5 heteroatoms. The van der Waals surface area contributed by atoms with Gasteiger partial charge >= 0.3 is 0 Å². The first-order valence-corrected chi connectivity index (χ1v) is 8.89.